The van der Waals surface area contributed by atoms with Gasteiger partial charge in [0.05, 0.1) is 0 Å². The molecule has 0 bridgehead atoms. The van der Waals surface area contributed by atoms with E-state index in [9.17, 15) is 26.0 Å². The molecule has 0 aliphatic heterocycles. The van der Waals surface area contributed by atoms with Gasteiger partial charge in [0.25, 0.3) is 0 Å². The van der Waals surface area contributed by atoms with Crippen LogP contribution in [0.4, 0.5) is 17.6 Å². The van der Waals surface area contributed by atoms with Crippen LogP contribution in [0.2, 0.25) is 0 Å². The molecule has 0 aliphatic carbocycles. The molecule has 0 unspecified atom stereocenters. The molecule has 0 saturated carbocycles. The molecule has 0 aliphatic rings. The third-order valence-corrected chi connectivity index (χ3v) is 3.67. The van der Waals surface area contributed by atoms with Crippen molar-refractivity contribution in [3.05, 3.63) is 47.5 Å². The molecule has 0 saturated heterocycles. The van der Waals surface area contributed by atoms with Crippen molar-refractivity contribution in [2.24, 2.45) is 0 Å². The maximum Gasteiger partial charge on any atom is 0.300 e. The molecule has 1 N–H and O–H groups in total. The largest absolute Gasteiger partial charge is 0.451 e. The summed E-state index contributed by atoms with van der Waals surface area (Å²) in [6.07, 6.45) is 0. The van der Waals surface area contributed by atoms with E-state index in [4.69, 9.17) is 4.55 Å². The number of hydrogen-bond acceptors (Lipinski definition) is 4. The molecule has 0 heterocycles. The van der Waals surface area contributed by atoms with Crippen LogP contribution in [-0.4, -0.2) is 13.0 Å². The summed E-state index contributed by atoms with van der Waals surface area (Å²) >= 11 is 3.96. The third-order valence-electron chi connectivity index (χ3n) is 2.50. The third kappa shape index (κ3) is 3.03. The molecule has 0 fully saturated rings. The van der Waals surface area contributed by atoms with Crippen LogP contribution in [0.5, 0.6) is 11.5 Å². The van der Waals surface area contributed by atoms with Gasteiger partial charge in [-0.1, -0.05) is 0 Å². The van der Waals surface area contributed by atoms with Gasteiger partial charge in [-0.05, 0) is 24.3 Å². The molecular formula is C12H6F4O4S2. The lowest BCUT2D eigenvalue weighted by Crippen LogP contribution is -2.11. The number of hydrogen-bond donors (Lipinski definition) is 2. The molecule has 0 atom stereocenters. The first kappa shape index (κ1) is 16.6. The number of thiol groups is 1. The van der Waals surface area contributed by atoms with Crippen molar-refractivity contribution in [2.75, 3.05) is 0 Å². The zero-order chi connectivity index (χ0) is 16.7. The zero-order valence-corrected chi connectivity index (χ0v) is 12.1. The molecule has 10 heteroatoms. The Kier molecular flexibility index (Phi) is 4.36. The summed E-state index contributed by atoms with van der Waals surface area (Å²) in [5.41, 5.74) is 0. The van der Waals surface area contributed by atoms with Gasteiger partial charge in [0.2, 0.25) is 17.4 Å². The number of rotatable bonds is 3. The normalized spacial score (nSPS) is 11.5. The van der Waals surface area contributed by atoms with E-state index in [-0.39, 0.29) is 5.75 Å². The van der Waals surface area contributed by atoms with Crippen LogP contribution in [0.1, 0.15) is 0 Å². The van der Waals surface area contributed by atoms with Crippen LogP contribution in [0.3, 0.4) is 0 Å². The van der Waals surface area contributed by atoms with Crippen molar-refractivity contribution >= 4 is 22.7 Å². The molecule has 2 aromatic carbocycles. The van der Waals surface area contributed by atoms with Crippen LogP contribution in [-0.2, 0) is 10.1 Å². The van der Waals surface area contributed by atoms with Crippen LogP contribution < -0.4 is 4.74 Å². The van der Waals surface area contributed by atoms with Gasteiger partial charge >= 0.3 is 10.1 Å². The van der Waals surface area contributed by atoms with Gasteiger partial charge in [0.1, 0.15) is 5.75 Å². The van der Waals surface area contributed by atoms with Crippen molar-refractivity contribution in [1.82, 2.24) is 0 Å². The van der Waals surface area contributed by atoms with Crippen molar-refractivity contribution in [1.29, 1.82) is 0 Å². The average molecular weight is 354 g/mol. The average Bonchev–Trinajstić information content (AvgIpc) is 2.42. The minimum atomic E-state index is -5.50. The molecule has 0 spiro atoms. The van der Waals surface area contributed by atoms with Crippen LogP contribution in [0, 0.1) is 23.3 Å². The fourth-order valence-corrected chi connectivity index (χ4v) is 2.32. The van der Waals surface area contributed by atoms with Gasteiger partial charge < -0.3 is 4.74 Å². The van der Waals surface area contributed by atoms with E-state index in [1.54, 1.807) is 0 Å². The Morgan fingerprint density at radius 2 is 1.36 bits per heavy atom. The molecule has 0 aromatic heterocycles. The van der Waals surface area contributed by atoms with Gasteiger partial charge in [-0.2, -0.15) is 17.2 Å². The highest BCUT2D eigenvalue weighted by Crippen LogP contribution is 2.35. The number of ether oxygens (including phenoxy) is 1. The minimum absolute atomic E-state index is 0.172. The topological polar surface area (TPSA) is 63.6 Å². The highest BCUT2D eigenvalue weighted by Gasteiger charge is 2.33. The molecule has 4 nitrogen and oxygen atoms in total. The fourth-order valence-electron chi connectivity index (χ4n) is 1.54. The Morgan fingerprint density at radius 3 is 1.77 bits per heavy atom. The number of halogens is 4. The fraction of sp³-hybridized carbons (Fsp3) is 0. The molecule has 2 rings (SSSR count). The first-order chi connectivity index (χ1) is 10.1. The lowest BCUT2D eigenvalue weighted by atomic mass is 10.2. The summed E-state index contributed by atoms with van der Waals surface area (Å²) in [5.74, 6) is -10.4. The molecule has 2 aromatic rings. The summed E-state index contributed by atoms with van der Waals surface area (Å²) in [6, 6.07) is 5.20. The molecule has 118 valence electrons. The smallest absolute Gasteiger partial charge is 0.300 e. The zero-order valence-electron chi connectivity index (χ0n) is 10.3. The first-order valence-electron chi connectivity index (χ1n) is 5.43. The van der Waals surface area contributed by atoms with E-state index >= 15 is 0 Å². The monoisotopic (exact) mass is 354 g/mol. The van der Waals surface area contributed by atoms with Crippen LogP contribution in [0.15, 0.2) is 34.1 Å². The van der Waals surface area contributed by atoms with E-state index in [0.29, 0.717) is 4.90 Å². The summed E-state index contributed by atoms with van der Waals surface area (Å²) in [6.45, 7) is 0. The predicted molar refractivity (Wildman–Crippen MR) is 69.9 cm³/mol. The highest BCUT2D eigenvalue weighted by atomic mass is 32.2. The van der Waals surface area contributed by atoms with E-state index in [0.717, 1.165) is 0 Å². The van der Waals surface area contributed by atoms with E-state index < -0.39 is 44.0 Å². The Bertz CT molecular complexity index is 806. The second-order valence-electron chi connectivity index (χ2n) is 3.99. The van der Waals surface area contributed by atoms with Gasteiger partial charge in [0.15, 0.2) is 16.5 Å². The Hall–Kier alpha value is -1.78. The Labute approximate surface area is 127 Å². The Morgan fingerprint density at radius 1 is 0.909 bits per heavy atom. The lowest BCUT2D eigenvalue weighted by molar-refractivity contribution is 0.346. The van der Waals surface area contributed by atoms with Gasteiger partial charge in [-0.3, -0.25) is 4.55 Å². The SMILES string of the molecule is O=S(=O)(O)c1c(F)c(F)c(Oc2ccc(S)cc2)c(F)c1F. The molecule has 0 radical (unpaired) electrons. The minimum Gasteiger partial charge on any atom is -0.451 e. The predicted octanol–water partition coefficient (Wildman–Crippen LogP) is 3.57. The maximum absolute atomic E-state index is 13.7. The Balaban J connectivity index is 2.61. The van der Waals surface area contributed by atoms with Crippen LogP contribution in [0.25, 0.3) is 0 Å². The van der Waals surface area contributed by atoms with E-state index in [1.807, 2.05) is 0 Å². The molecule has 22 heavy (non-hydrogen) atoms. The van der Waals surface area contributed by atoms with Gasteiger partial charge in [-0.15, -0.1) is 12.6 Å². The van der Waals surface area contributed by atoms with Gasteiger partial charge in [-0.25, -0.2) is 8.78 Å². The van der Waals surface area contributed by atoms with Crippen LogP contribution >= 0.6 is 12.6 Å². The van der Waals surface area contributed by atoms with E-state index in [2.05, 4.69) is 17.4 Å². The van der Waals surface area contributed by atoms with Crippen molar-refractivity contribution in [3.8, 4) is 11.5 Å². The summed E-state index contributed by atoms with van der Waals surface area (Å²) in [4.78, 5) is -1.63. The highest BCUT2D eigenvalue weighted by molar-refractivity contribution is 7.85. The van der Waals surface area contributed by atoms with Gasteiger partial charge in [0, 0.05) is 4.90 Å². The van der Waals surface area contributed by atoms with Crippen molar-refractivity contribution in [3.63, 3.8) is 0 Å². The molecule has 0 amide bonds. The van der Waals surface area contributed by atoms with E-state index in [1.165, 1.54) is 24.3 Å². The summed E-state index contributed by atoms with van der Waals surface area (Å²) in [5, 5.41) is 0. The summed E-state index contributed by atoms with van der Waals surface area (Å²) < 4.78 is 89.4. The quantitative estimate of drug-likeness (QED) is 0.383. The van der Waals surface area contributed by atoms with Crippen molar-refractivity contribution in [2.45, 2.75) is 9.79 Å². The number of benzene rings is 2. The maximum atomic E-state index is 13.7. The summed E-state index contributed by atoms with van der Waals surface area (Å²) in [7, 11) is -5.50. The molecular weight excluding hydrogens is 348 g/mol. The standard InChI is InChI=1S/C12H6F4O4S2/c13-7-9(15)12(22(17,18)19)10(16)8(14)11(7)20-5-1-3-6(21)4-2-5/h1-4,21H,(H,17,18,19). The first-order valence-corrected chi connectivity index (χ1v) is 7.32. The second kappa shape index (κ2) is 5.78. The second-order valence-corrected chi connectivity index (χ2v) is 5.86. The lowest BCUT2D eigenvalue weighted by Gasteiger charge is -2.11. The van der Waals surface area contributed by atoms with Crippen molar-refractivity contribution < 1.29 is 35.3 Å².